The Labute approximate surface area is 166 Å². The molecule has 0 saturated heterocycles. The summed E-state index contributed by atoms with van der Waals surface area (Å²) in [5.41, 5.74) is 0.722. The van der Waals surface area contributed by atoms with E-state index in [4.69, 9.17) is 16.3 Å². The van der Waals surface area contributed by atoms with Crippen LogP contribution in [0.5, 0.6) is 0 Å². The lowest BCUT2D eigenvalue weighted by Gasteiger charge is -2.58. The van der Waals surface area contributed by atoms with Crippen LogP contribution in [0.4, 0.5) is 0 Å². The maximum atomic E-state index is 12.8. The second-order valence-electron chi connectivity index (χ2n) is 9.08. The van der Waals surface area contributed by atoms with Gasteiger partial charge in [-0.1, -0.05) is 37.3 Å². The van der Waals surface area contributed by atoms with Crippen molar-refractivity contribution in [3.05, 3.63) is 35.9 Å². The molecular formula is C22H28ClNO3. The van der Waals surface area contributed by atoms with E-state index in [9.17, 15) is 9.59 Å². The molecule has 0 aliphatic heterocycles. The fourth-order valence-corrected chi connectivity index (χ4v) is 6.58. The van der Waals surface area contributed by atoms with E-state index >= 15 is 0 Å². The highest BCUT2D eigenvalue weighted by Gasteiger charge is 2.60. The highest BCUT2D eigenvalue weighted by molar-refractivity contribution is 6.24. The van der Waals surface area contributed by atoms with Crippen LogP contribution in [0.2, 0.25) is 0 Å². The zero-order chi connectivity index (χ0) is 19.1. The van der Waals surface area contributed by atoms with Gasteiger partial charge in [-0.2, -0.15) is 0 Å². The first kappa shape index (κ1) is 18.8. The summed E-state index contributed by atoms with van der Waals surface area (Å²) in [4.78, 5) is 24.8. The molecule has 4 aliphatic rings. The van der Waals surface area contributed by atoms with Gasteiger partial charge in [-0.15, -0.1) is 11.6 Å². The van der Waals surface area contributed by atoms with Gasteiger partial charge in [0.15, 0.2) is 6.61 Å². The molecule has 4 aliphatic carbocycles. The normalized spacial score (nSPS) is 34.9. The van der Waals surface area contributed by atoms with E-state index in [1.807, 2.05) is 30.3 Å². The molecule has 0 radical (unpaired) electrons. The average Bonchev–Trinajstić information content (AvgIpc) is 2.62. The molecule has 5 heteroatoms. The first-order valence-electron chi connectivity index (χ1n) is 10.1. The molecule has 1 amide bonds. The van der Waals surface area contributed by atoms with Crippen LogP contribution in [0.1, 0.15) is 56.9 Å². The Morgan fingerprint density at radius 2 is 1.85 bits per heavy atom. The zero-order valence-electron chi connectivity index (χ0n) is 15.9. The smallest absolute Gasteiger partial charge is 0.312 e. The number of nitrogens with one attached hydrogen (secondary N) is 1. The van der Waals surface area contributed by atoms with E-state index in [0.717, 1.165) is 25.7 Å². The van der Waals surface area contributed by atoms with E-state index in [-0.39, 0.29) is 29.3 Å². The van der Waals surface area contributed by atoms with Crippen molar-refractivity contribution in [1.29, 1.82) is 0 Å². The number of amides is 1. The number of ether oxygens (including phenoxy) is 1. The molecule has 0 heterocycles. The number of benzene rings is 1. The largest absolute Gasteiger partial charge is 0.455 e. The van der Waals surface area contributed by atoms with Crippen molar-refractivity contribution in [3.8, 4) is 0 Å². The van der Waals surface area contributed by atoms with Crippen LogP contribution in [0.25, 0.3) is 0 Å². The highest BCUT2D eigenvalue weighted by atomic mass is 35.5. The van der Waals surface area contributed by atoms with Crippen LogP contribution in [-0.4, -0.2) is 29.9 Å². The van der Waals surface area contributed by atoms with Gasteiger partial charge >= 0.3 is 5.97 Å². The van der Waals surface area contributed by atoms with E-state index in [1.54, 1.807) is 0 Å². The second kappa shape index (κ2) is 7.12. The summed E-state index contributed by atoms with van der Waals surface area (Å²) in [6.45, 7) is 2.39. The number of hydrogen-bond donors (Lipinski definition) is 1. The van der Waals surface area contributed by atoms with Gasteiger partial charge < -0.3 is 10.1 Å². The molecular weight excluding hydrogens is 362 g/mol. The lowest BCUT2D eigenvalue weighted by molar-refractivity contribution is -0.171. The van der Waals surface area contributed by atoms with Crippen LogP contribution in [0, 0.1) is 17.3 Å². The standard InChI is InChI=1S/C22H28ClNO3/c1-15(18-5-3-2-4-6-18)12-24-19(25)13-27-20(26)21-8-16-7-17(9-21)11-22(23,10-16)14-21/h2-6,15-17H,7-14H2,1H3,(H,24,25)/t15-,16-,17+,21?,22?/m0/s1. The van der Waals surface area contributed by atoms with Gasteiger partial charge in [0.05, 0.1) is 5.41 Å². The monoisotopic (exact) mass is 389 g/mol. The molecule has 1 N–H and O–H groups in total. The molecule has 2 unspecified atom stereocenters. The van der Waals surface area contributed by atoms with Crippen LogP contribution < -0.4 is 5.32 Å². The Bertz CT molecular complexity index is 706. The molecule has 146 valence electrons. The lowest BCUT2D eigenvalue weighted by atomic mass is 9.49. The predicted molar refractivity (Wildman–Crippen MR) is 105 cm³/mol. The van der Waals surface area contributed by atoms with Crippen LogP contribution in [-0.2, 0) is 14.3 Å². The summed E-state index contributed by atoms with van der Waals surface area (Å²) in [6, 6.07) is 10.1. The third kappa shape index (κ3) is 3.87. The molecule has 5 atom stereocenters. The van der Waals surface area contributed by atoms with Crippen molar-refractivity contribution in [2.45, 2.75) is 56.2 Å². The molecule has 5 rings (SSSR count). The van der Waals surface area contributed by atoms with Crippen molar-refractivity contribution < 1.29 is 14.3 Å². The van der Waals surface area contributed by atoms with Gasteiger partial charge in [-0.25, -0.2) is 0 Å². The van der Waals surface area contributed by atoms with Gasteiger partial charge in [0, 0.05) is 11.4 Å². The number of esters is 1. The number of rotatable bonds is 6. The fraction of sp³-hybridized carbons (Fsp3) is 0.636. The van der Waals surface area contributed by atoms with E-state index in [0.29, 0.717) is 24.8 Å². The number of carbonyl (C=O) groups is 2. The molecule has 4 bridgehead atoms. The maximum Gasteiger partial charge on any atom is 0.312 e. The minimum Gasteiger partial charge on any atom is -0.455 e. The number of hydrogen-bond acceptors (Lipinski definition) is 3. The SMILES string of the molecule is C[C@@H](CNC(=O)COC(=O)C12C[C@@H]3C[C@@H](CC(Cl)(C3)C1)C2)c1ccccc1. The molecule has 1 aromatic rings. The Kier molecular flexibility index (Phi) is 4.96. The highest BCUT2D eigenvalue weighted by Crippen LogP contribution is 2.64. The number of alkyl halides is 1. The quantitative estimate of drug-likeness (QED) is 0.590. The lowest BCUT2D eigenvalue weighted by Crippen LogP contribution is -2.56. The van der Waals surface area contributed by atoms with Crippen LogP contribution in [0.3, 0.4) is 0 Å². The summed E-state index contributed by atoms with van der Waals surface area (Å²) in [5.74, 6) is 0.836. The van der Waals surface area contributed by atoms with Gasteiger partial charge in [0.25, 0.3) is 5.91 Å². The topological polar surface area (TPSA) is 55.4 Å². The van der Waals surface area contributed by atoms with Crippen molar-refractivity contribution in [1.82, 2.24) is 5.32 Å². The van der Waals surface area contributed by atoms with E-state index < -0.39 is 5.41 Å². The fourth-order valence-electron chi connectivity index (χ4n) is 5.89. The van der Waals surface area contributed by atoms with Gasteiger partial charge in [-0.3, -0.25) is 9.59 Å². The van der Waals surface area contributed by atoms with E-state index in [1.165, 1.54) is 12.0 Å². The first-order valence-corrected chi connectivity index (χ1v) is 10.4. The minimum atomic E-state index is -0.455. The minimum absolute atomic E-state index is 0.202. The Balaban J connectivity index is 1.27. The van der Waals surface area contributed by atoms with Gasteiger partial charge in [0.2, 0.25) is 0 Å². The predicted octanol–water partition coefficient (Wildman–Crippen LogP) is 4.03. The summed E-state index contributed by atoms with van der Waals surface area (Å²) in [7, 11) is 0. The Morgan fingerprint density at radius 3 is 2.48 bits per heavy atom. The summed E-state index contributed by atoms with van der Waals surface area (Å²) in [5, 5.41) is 2.88. The third-order valence-corrected chi connectivity index (χ3v) is 7.17. The average molecular weight is 390 g/mol. The molecule has 0 spiro atoms. The van der Waals surface area contributed by atoms with Gasteiger partial charge in [-0.05, 0) is 61.8 Å². The molecule has 4 saturated carbocycles. The van der Waals surface area contributed by atoms with Crippen LogP contribution in [0.15, 0.2) is 30.3 Å². The number of carbonyl (C=O) groups excluding carboxylic acids is 2. The third-order valence-electron chi connectivity index (χ3n) is 6.73. The van der Waals surface area contributed by atoms with Crippen molar-refractivity contribution in [2.24, 2.45) is 17.3 Å². The second-order valence-corrected chi connectivity index (χ2v) is 9.89. The molecule has 4 nitrogen and oxygen atoms in total. The summed E-state index contributed by atoms with van der Waals surface area (Å²) < 4.78 is 5.46. The maximum absolute atomic E-state index is 12.8. The van der Waals surface area contributed by atoms with Crippen molar-refractivity contribution in [2.75, 3.05) is 13.2 Å². The van der Waals surface area contributed by atoms with E-state index in [2.05, 4.69) is 12.2 Å². The molecule has 27 heavy (non-hydrogen) atoms. The summed E-state index contributed by atoms with van der Waals surface area (Å²) in [6.07, 6.45) is 5.71. The molecule has 1 aromatic carbocycles. The molecule has 4 fully saturated rings. The van der Waals surface area contributed by atoms with Gasteiger partial charge in [0.1, 0.15) is 0 Å². The number of halogens is 1. The molecule has 0 aromatic heterocycles. The Hall–Kier alpha value is -1.55. The zero-order valence-corrected chi connectivity index (χ0v) is 16.6. The van der Waals surface area contributed by atoms with Crippen molar-refractivity contribution >= 4 is 23.5 Å². The Morgan fingerprint density at radius 1 is 1.19 bits per heavy atom. The summed E-state index contributed by atoms with van der Waals surface area (Å²) >= 11 is 6.78. The van der Waals surface area contributed by atoms with Crippen molar-refractivity contribution in [3.63, 3.8) is 0 Å². The van der Waals surface area contributed by atoms with Crippen LogP contribution >= 0.6 is 11.6 Å². The first-order chi connectivity index (χ1) is 12.9.